The lowest BCUT2D eigenvalue weighted by Gasteiger charge is -2.15. The van der Waals surface area contributed by atoms with Crippen LogP contribution < -0.4 is 0 Å². The number of hydrogen-bond acceptors (Lipinski definition) is 1. The Morgan fingerprint density at radius 3 is 1.94 bits per heavy atom. The summed E-state index contributed by atoms with van der Waals surface area (Å²) >= 11 is 0. The molecule has 0 amide bonds. The summed E-state index contributed by atoms with van der Waals surface area (Å²) in [5.74, 6) is 0.886. The maximum atomic E-state index is 5.58. The van der Waals surface area contributed by atoms with Gasteiger partial charge in [0.1, 0.15) is 5.76 Å². The quantitative estimate of drug-likeness (QED) is 0.751. The largest absolute Gasteiger partial charge is 0.481 e. The molecule has 0 aliphatic carbocycles. The highest BCUT2D eigenvalue weighted by Gasteiger charge is 2.09. The van der Waals surface area contributed by atoms with Gasteiger partial charge in [-0.1, -0.05) is 60.7 Å². The zero-order valence-corrected chi connectivity index (χ0v) is 9.91. The molecule has 0 N–H and O–H groups in total. The van der Waals surface area contributed by atoms with E-state index in [9.17, 15) is 0 Å². The van der Waals surface area contributed by atoms with Gasteiger partial charge in [-0.25, -0.2) is 0 Å². The van der Waals surface area contributed by atoms with Crippen LogP contribution in [-0.2, 0) is 4.74 Å². The van der Waals surface area contributed by atoms with E-state index >= 15 is 0 Å². The molecule has 3 rings (SSSR count). The Bertz CT molecular complexity index is 580. The Morgan fingerprint density at radius 1 is 0.667 bits per heavy atom. The number of benzene rings is 2. The molecule has 0 saturated carbocycles. The summed E-state index contributed by atoms with van der Waals surface area (Å²) in [5, 5.41) is 0. The molecule has 0 spiro atoms. The molecule has 0 atom stereocenters. The molecule has 18 heavy (non-hydrogen) atoms. The highest BCUT2D eigenvalue weighted by molar-refractivity contribution is 5.84. The highest BCUT2D eigenvalue weighted by atomic mass is 16.5. The number of hydrogen-bond donors (Lipinski definition) is 0. The SMILES string of the molecule is [CH]1C=C(c2ccccc2)C=C(c2ccccc2)O1. The third-order valence-electron chi connectivity index (χ3n) is 2.89. The van der Waals surface area contributed by atoms with Crippen LogP contribution in [0.5, 0.6) is 0 Å². The molecule has 0 aromatic heterocycles. The lowest BCUT2D eigenvalue weighted by Crippen LogP contribution is -1.96. The van der Waals surface area contributed by atoms with Crippen molar-refractivity contribution >= 4 is 11.3 Å². The van der Waals surface area contributed by atoms with E-state index in [0.29, 0.717) is 0 Å². The van der Waals surface area contributed by atoms with Crippen molar-refractivity contribution in [3.63, 3.8) is 0 Å². The van der Waals surface area contributed by atoms with Crippen LogP contribution in [0.15, 0.2) is 72.8 Å². The third kappa shape index (κ3) is 2.21. The maximum Gasteiger partial charge on any atom is 0.158 e. The molecule has 87 valence electrons. The van der Waals surface area contributed by atoms with Gasteiger partial charge in [0, 0.05) is 5.56 Å². The molecule has 2 aromatic carbocycles. The molecule has 1 aliphatic heterocycles. The summed E-state index contributed by atoms with van der Waals surface area (Å²) in [6.45, 7) is 1.74. The van der Waals surface area contributed by atoms with Crippen LogP contribution in [-0.4, -0.2) is 0 Å². The predicted octanol–water partition coefficient (Wildman–Crippen LogP) is 4.30. The van der Waals surface area contributed by atoms with E-state index in [1.54, 1.807) is 6.61 Å². The van der Waals surface area contributed by atoms with Crippen molar-refractivity contribution in [1.82, 2.24) is 0 Å². The van der Waals surface area contributed by atoms with Crippen LogP contribution in [0.4, 0.5) is 0 Å². The first kappa shape index (κ1) is 10.8. The van der Waals surface area contributed by atoms with E-state index in [1.807, 2.05) is 54.6 Å². The van der Waals surface area contributed by atoms with Crippen LogP contribution in [0, 0.1) is 6.61 Å². The Kier molecular flexibility index (Phi) is 2.97. The first-order chi connectivity index (χ1) is 8.93. The molecule has 0 bridgehead atoms. The number of ether oxygens (including phenoxy) is 1. The molecule has 1 heterocycles. The zero-order valence-electron chi connectivity index (χ0n) is 9.91. The van der Waals surface area contributed by atoms with Crippen LogP contribution in [0.3, 0.4) is 0 Å². The van der Waals surface area contributed by atoms with Gasteiger partial charge in [0.25, 0.3) is 0 Å². The zero-order chi connectivity index (χ0) is 12.2. The second-order valence-electron chi connectivity index (χ2n) is 4.12. The van der Waals surface area contributed by atoms with Gasteiger partial charge in [-0.3, -0.25) is 0 Å². The minimum Gasteiger partial charge on any atom is -0.481 e. The topological polar surface area (TPSA) is 9.23 Å². The Labute approximate surface area is 107 Å². The van der Waals surface area contributed by atoms with Gasteiger partial charge in [-0.05, 0) is 23.3 Å². The Balaban J connectivity index is 1.95. The average Bonchev–Trinajstić information content (AvgIpc) is 2.49. The van der Waals surface area contributed by atoms with Crippen LogP contribution in [0.25, 0.3) is 11.3 Å². The Hall–Kier alpha value is -2.28. The molecule has 1 nitrogen and oxygen atoms in total. The van der Waals surface area contributed by atoms with Gasteiger partial charge >= 0.3 is 0 Å². The standard InChI is InChI=1S/C17H13O/c1-3-7-14(8-4-1)16-11-12-18-17(13-16)15-9-5-2-6-10-15/h1-13H. The molecule has 0 unspecified atom stereocenters. The van der Waals surface area contributed by atoms with E-state index in [4.69, 9.17) is 4.74 Å². The van der Waals surface area contributed by atoms with Gasteiger partial charge in [0.05, 0.1) is 0 Å². The van der Waals surface area contributed by atoms with E-state index in [-0.39, 0.29) is 0 Å². The lowest BCUT2D eigenvalue weighted by molar-refractivity contribution is 0.387. The summed E-state index contributed by atoms with van der Waals surface area (Å²) in [6.07, 6.45) is 4.06. The number of rotatable bonds is 2. The smallest absolute Gasteiger partial charge is 0.158 e. The highest BCUT2D eigenvalue weighted by Crippen LogP contribution is 2.28. The fourth-order valence-corrected chi connectivity index (χ4v) is 1.97. The molecule has 0 fully saturated rings. The van der Waals surface area contributed by atoms with Crippen molar-refractivity contribution in [3.8, 4) is 0 Å². The van der Waals surface area contributed by atoms with E-state index < -0.39 is 0 Å². The van der Waals surface area contributed by atoms with E-state index in [2.05, 4.69) is 18.2 Å². The average molecular weight is 233 g/mol. The molecule has 2 aromatic rings. The van der Waals surface area contributed by atoms with Crippen molar-refractivity contribution in [2.75, 3.05) is 0 Å². The molecule has 1 aliphatic rings. The van der Waals surface area contributed by atoms with Crippen LogP contribution in [0.2, 0.25) is 0 Å². The first-order valence-corrected chi connectivity index (χ1v) is 5.96. The van der Waals surface area contributed by atoms with E-state index in [1.165, 1.54) is 11.1 Å². The van der Waals surface area contributed by atoms with Gasteiger partial charge in [-0.15, -0.1) is 0 Å². The molecule has 1 radical (unpaired) electrons. The summed E-state index contributed by atoms with van der Waals surface area (Å²) in [4.78, 5) is 0. The molecule has 0 saturated heterocycles. The summed E-state index contributed by atoms with van der Waals surface area (Å²) < 4.78 is 5.58. The van der Waals surface area contributed by atoms with Crippen LogP contribution in [0.1, 0.15) is 11.1 Å². The first-order valence-electron chi connectivity index (χ1n) is 5.96. The normalized spacial score (nSPS) is 14.4. The fraction of sp³-hybridized carbons (Fsp3) is 0. The Morgan fingerprint density at radius 2 is 1.28 bits per heavy atom. The summed E-state index contributed by atoms with van der Waals surface area (Å²) in [6, 6.07) is 20.4. The fourth-order valence-electron chi connectivity index (χ4n) is 1.97. The van der Waals surface area contributed by atoms with Gasteiger partial charge < -0.3 is 4.74 Å². The molecular weight excluding hydrogens is 220 g/mol. The van der Waals surface area contributed by atoms with Crippen molar-refractivity contribution in [2.24, 2.45) is 0 Å². The minimum absolute atomic E-state index is 0.886. The summed E-state index contributed by atoms with van der Waals surface area (Å²) in [7, 11) is 0. The summed E-state index contributed by atoms with van der Waals surface area (Å²) in [5.41, 5.74) is 3.46. The second-order valence-corrected chi connectivity index (χ2v) is 4.12. The van der Waals surface area contributed by atoms with Crippen molar-refractivity contribution in [3.05, 3.63) is 90.5 Å². The van der Waals surface area contributed by atoms with E-state index in [0.717, 1.165) is 11.3 Å². The maximum absolute atomic E-state index is 5.58. The molecule has 1 heteroatoms. The van der Waals surface area contributed by atoms with Crippen molar-refractivity contribution < 1.29 is 4.74 Å². The van der Waals surface area contributed by atoms with Crippen molar-refractivity contribution in [2.45, 2.75) is 0 Å². The van der Waals surface area contributed by atoms with Gasteiger partial charge in [0.15, 0.2) is 6.61 Å². The molecular formula is C17H13O. The van der Waals surface area contributed by atoms with Crippen molar-refractivity contribution in [1.29, 1.82) is 0 Å². The lowest BCUT2D eigenvalue weighted by atomic mass is 10.0. The number of allylic oxidation sites excluding steroid dienone is 2. The van der Waals surface area contributed by atoms with Gasteiger partial charge in [-0.2, -0.15) is 0 Å². The van der Waals surface area contributed by atoms with Crippen LogP contribution >= 0.6 is 0 Å². The second kappa shape index (κ2) is 4.92. The van der Waals surface area contributed by atoms with Gasteiger partial charge in [0.2, 0.25) is 0 Å². The predicted molar refractivity (Wildman–Crippen MR) is 74.2 cm³/mol. The third-order valence-corrected chi connectivity index (χ3v) is 2.89. The monoisotopic (exact) mass is 233 g/mol. The minimum atomic E-state index is 0.886.